The molecular weight excluding hydrogens is 366 g/mol. The molecule has 0 aromatic heterocycles. The zero-order chi connectivity index (χ0) is 19.1. The van der Waals surface area contributed by atoms with Crippen LogP contribution in [-0.4, -0.2) is 64.4 Å². The number of piperidine rings is 1. The van der Waals surface area contributed by atoms with E-state index in [1.807, 2.05) is 29.2 Å². The van der Waals surface area contributed by atoms with E-state index in [0.29, 0.717) is 17.6 Å². The predicted octanol–water partition coefficient (Wildman–Crippen LogP) is 2.26. The molecule has 2 saturated heterocycles. The molecule has 0 aliphatic carbocycles. The van der Waals surface area contributed by atoms with E-state index >= 15 is 0 Å². The second kappa shape index (κ2) is 7.03. The average molecular weight is 390 g/mol. The quantitative estimate of drug-likeness (QED) is 0.842. The molecule has 2 fully saturated rings. The maximum atomic E-state index is 12.7. The van der Waals surface area contributed by atoms with Crippen LogP contribution in [0.1, 0.15) is 31.7 Å². The van der Waals surface area contributed by atoms with Crippen LogP contribution in [0.5, 0.6) is 0 Å². The van der Waals surface area contributed by atoms with Crippen LogP contribution in [-0.2, 0) is 11.3 Å². The summed E-state index contributed by atoms with van der Waals surface area (Å²) in [6.07, 6.45) is 2.87. The minimum Gasteiger partial charge on any atom is -0.340 e. The van der Waals surface area contributed by atoms with E-state index in [-0.39, 0.29) is 5.91 Å². The highest BCUT2D eigenvalue weighted by atomic mass is 35.5. The molecule has 0 spiro atoms. The number of hydrogen-bond donors (Lipinski definition) is 1. The van der Waals surface area contributed by atoms with Gasteiger partial charge in [-0.05, 0) is 37.8 Å². The van der Waals surface area contributed by atoms with Crippen molar-refractivity contribution >= 4 is 29.5 Å². The first-order valence-electron chi connectivity index (χ1n) is 9.39. The number of nitrogens with one attached hydrogen (secondary N) is 1. The summed E-state index contributed by atoms with van der Waals surface area (Å²) in [7, 11) is 1.68. The van der Waals surface area contributed by atoms with Crippen molar-refractivity contribution in [2.75, 3.05) is 13.6 Å². The summed E-state index contributed by atoms with van der Waals surface area (Å²) in [6, 6.07) is 7.02. The minimum atomic E-state index is -0.548. The monoisotopic (exact) mass is 389 g/mol. The Morgan fingerprint density at radius 3 is 2.78 bits per heavy atom. The second-order valence-corrected chi connectivity index (χ2v) is 7.86. The molecule has 0 radical (unpaired) electrons. The molecule has 7 nitrogen and oxygen atoms in total. The van der Waals surface area contributed by atoms with Gasteiger partial charge in [0.1, 0.15) is 0 Å². The number of carbonyl (C=O) groups is 2. The number of hydrogen-bond acceptors (Lipinski definition) is 5. The van der Waals surface area contributed by atoms with Gasteiger partial charge in [0.2, 0.25) is 0 Å². The Morgan fingerprint density at radius 2 is 2.04 bits per heavy atom. The summed E-state index contributed by atoms with van der Waals surface area (Å²) in [6.45, 7) is 3.56. The number of rotatable bonds is 2. The van der Waals surface area contributed by atoms with Crippen LogP contribution < -0.4 is 5.32 Å². The number of halogens is 1. The Bertz CT molecular complexity index is 798. The van der Waals surface area contributed by atoms with Crippen LogP contribution in [0.3, 0.4) is 0 Å². The zero-order valence-electron chi connectivity index (χ0n) is 15.6. The normalized spacial score (nSPS) is 28.2. The number of fused-ring (bicyclic) bond motifs is 1. The molecule has 1 N–H and O–H groups in total. The van der Waals surface area contributed by atoms with E-state index in [4.69, 9.17) is 16.6 Å². The first kappa shape index (κ1) is 18.1. The molecule has 3 heterocycles. The molecule has 1 aromatic carbocycles. The van der Waals surface area contributed by atoms with Gasteiger partial charge in [-0.2, -0.15) is 0 Å². The van der Waals surface area contributed by atoms with Gasteiger partial charge in [-0.1, -0.05) is 29.8 Å². The van der Waals surface area contributed by atoms with Gasteiger partial charge in [0.15, 0.2) is 18.2 Å². The van der Waals surface area contributed by atoms with Crippen molar-refractivity contribution in [3.63, 3.8) is 0 Å². The van der Waals surface area contributed by atoms with Gasteiger partial charge in [-0.15, -0.1) is 0 Å². The van der Waals surface area contributed by atoms with Gasteiger partial charge in [-0.3, -0.25) is 10.1 Å². The number of nitrogens with zero attached hydrogens (tertiary/aromatic N) is 4. The van der Waals surface area contributed by atoms with Crippen LogP contribution >= 0.6 is 11.6 Å². The standard InChI is InChI=1S/C19H24ClN5O2/c1-12-7-5-6-10-24(12)18-21-16-15(17(26)22-19(27)23(16)2)25(18)11-13-8-3-4-9-14(13)20/h3-4,8-9,12,15-16H,5-7,10-11H2,1-2H3,(H,22,26,27). The summed E-state index contributed by atoms with van der Waals surface area (Å²) in [5.41, 5.74) is 0.935. The highest BCUT2D eigenvalue weighted by molar-refractivity contribution is 6.31. The lowest BCUT2D eigenvalue weighted by atomic mass is 10.0. The lowest BCUT2D eigenvalue weighted by molar-refractivity contribution is -0.127. The largest absolute Gasteiger partial charge is 0.340 e. The predicted molar refractivity (Wildman–Crippen MR) is 103 cm³/mol. The molecule has 3 unspecified atom stereocenters. The van der Waals surface area contributed by atoms with E-state index in [0.717, 1.165) is 30.9 Å². The fraction of sp³-hybridized carbons (Fsp3) is 0.526. The molecule has 0 bridgehead atoms. The fourth-order valence-electron chi connectivity index (χ4n) is 4.12. The van der Waals surface area contributed by atoms with Crippen molar-refractivity contribution in [3.8, 4) is 0 Å². The first-order valence-corrected chi connectivity index (χ1v) is 9.77. The number of likely N-dealkylation sites (tertiary alicyclic amines) is 1. The number of urea groups is 1. The van der Waals surface area contributed by atoms with E-state index in [9.17, 15) is 9.59 Å². The van der Waals surface area contributed by atoms with Gasteiger partial charge < -0.3 is 14.7 Å². The van der Waals surface area contributed by atoms with Gasteiger partial charge in [0.25, 0.3) is 5.91 Å². The Kier molecular flexibility index (Phi) is 4.72. The van der Waals surface area contributed by atoms with E-state index in [1.54, 1.807) is 7.05 Å². The van der Waals surface area contributed by atoms with Crippen LogP contribution in [0, 0.1) is 0 Å². The Morgan fingerprint density at radius 1 is 1.26 bits per heavy atom. The van der Waals surface area contributed by atoms with Gasteiger partial charge in [0, 0.05) is 31.2 Å². The van der Waals surface area contributed by atoms with E-state index in [1.165, 1.54) is 11.3 Å². The van der Waals surface area contributed by atoms with Crippen molar-refractivity contribution in [3.05, 3.63) is 34.9 Å². The van der Waals surface area contributed by atoms with Crippen molar-refractivity contribution in [1.29, 1.82) is 0 Å². The summed E-state index contributed by atoms with van der Waals surface area (Å²) < 4.78 is 0. The van der Waals surface area contributed by atoms with Crippen molar-refractivity contribution in [2.24, 2.45) is 4.99 Å². The molecule has 144 valence electrons. The molecule has 8 heteroatoms. The third kappa shape index (κ3) is 3.14. The molecular formula is C19H24ClN5O2. The molecule has 3 aliphatic rings. The number of likely N-dealkylation sites (N-methyl/N-ethyl adjacent to an activating group) is 1. The summed E-state index contributed by atoms with van der Waals surface area (Å²) in [5.74, 6) is 0.479. The van der Waals surface area contributed by atoms with E-state index < -0.39 is 18.2 Å². The number of guanidine groups is 1. The number of amides is 3. The van der Waals surface area contributed by atoms with Gasteiger partial charge in [-0.25, -0.2) is 9.79 Å². The molecule has 27 heavy (non-hydrogen) atoms. The number of benzene rings is 1. The number of aliphatic imine (C=N–C) groups is 1. The SMILES string of the molecule is CC1CCCCN1C1=NC2C(C(=O)NC(=O)N2C)N1Cc1ccccc1Cl. The van der Waals surface area contributed by atoms with Gasteiger partial charge in [0.05, 0.1) is 0 Å². The highest BCUT2D eigenvalue weighted by Crippen LogP contribution is 2.31. The van der Waals surface area contributed by atoms with Crippen LogP contribution in [0.4, 0.5) is 4.79 Å². The maximum Gasteiger partial charge on any atom is 0.325 e. The molecule has 3 atom stereocenters. The van der Waals surface area contributed by atoms with Crippen molar-refractivity contribution in [2.45, 2.75) is 51.0 Å². The van der Waals surface area contributed by atoms with E-state index in [2.05, 4.69) is 17.1 Å². The Balaban J connectivity index is 1.72. The summed E-state index contributed by atoms with van der Waals surface area (Å²) in [4.78, 5) is 35.4. The van der Waals surface area contributed by atoms with Crippen LogP contribution in [0.25, 0.3) is 0 Å². The molecule has 0 saturated carbocycles. The smallest absolute Gasteiger partial charge is 0.325 e. The zero-order valence-corrected chi connectivity index (χ0v) is 16.3. The first-order chi connectivity index (χ1) is 13.0. The maximum absolute atomic E-state index is 12.7. The third-order valence-electron chi connectivity index (χ3n) is 5.70. The Labute approximate surface area is 164 Å². The average Bonchev–Trinajstić information content (AvgIpc) is 3.02. The van der Waals surface area contributed by atoms with Crippen molar-refractivity contribution in [1.82, 2.24) is 20.0 Å². The summed E-state index contributed by atoms with van der Waals surface area (Å²) in [5, 5.41) is 3.11. The minimum absolute atomic E-state index is 0.307. The van der Waals surface area contributed by atoms with Crippen molar-refractivity contribution < 1.29 is 9.59 Å². The van der Waals surface area contributed by atoms with Crippen LogP contribution in [0.2, 0.25) is 5.02 Å². The lowest BCUT2D eigenvalue weighted by Crippen LogP contribution is -2.64. The summed E-state index contributed by atoms with van der Waals surface area (Å²) >= 11 is 6.38. The molecule has 4 rings (SSSR count). The fourth-order valence-corrected chi connectivity index (χ4v) is 4.32. The number of carbonyl (C=O) groups excluding carboxylic acids is 2. The molecule has 3 aliphatic heterocycles. The topological polar surface area (TPSA) is 68.2 Å². The highest BCUT2D eigenvalue weighted by Gasteiger charge is 2.50. The van der Waals surface area contributed by atoms with Crippen LogP contribution in [0.15, 0.2) is 29.3 Å². The number of imide groups is 1. The lowest BCUT2D eigenvalue weighted by Gasteiger charge is -2.41. The molecule has 3 amide bonds. The Hall–Kier alpha value is -2.28. The molecule has 1 aromatic rings. The van der Waals surface area contributed by atoms with Gasteiger partial charge >= 0.3 is 6.03 Å². The second-order valence-electron chi connectivity index (χ2n) is 7.45. The third-order valence-corrected chi connectivity index (χ3v) is 6.07.